The maximum absolute atomic E-state index is 13.4. The summed E-state index contributed by atoms with van der Waals surface area (Å²) in [4.78, 5) is 15.7. The topological polar surface area (TPSA) is 69.3 Å². The number of fused-ring (bicyclic) bond motifs is 2. The van der Waals surface area contributed by atoms with Crippen LogP contribution in [0.1, 0.15) is 78.7 Å². The molecule has 0 amide bonds. The maximum atomic E-state index is 13.4. The van der Waals surface area contributed by atoms with Crippen LogP contribution in [0.4, 0.5) is 0 Å². The molecule has 2 saturated heterocycles. The van der Waals surface area contributed by atoms with Crippen LogP contribution in [0.3, 0.4) is 0 Å². The fourth-order valence-corrected chi connectivity index (χ4v) is 6.02. The van der Waals surface area contributed by atoms with Crippen molar-refractivity contribution in [2.45, 2.75) is 76.5 Å². The Morgan fingerprint density at radius 3 is 2.52 bits per heavy atom. The van der Waals surface area contributed by atoms with Crippen molar-refractivity contribution >= 4 is 5.78 Å². The minimum absolute atomic E-state index is 0.142. The van der Waals surface area contributed by atoms with Crippen LogP contribution in [-0.2, 0) is 0 Å². The average Bonchev–Trinajstić information content (AvgIpc) is 3.36. The molecular formula is C26H31N3O2. The zero-order chi connectivity index (χ0) is 21.7. The molecule has 1 saturated carbocycles. The highest BCUT2D eigenvalue weighted by atomic mass is 16.3. The van der Waals surface area contributed by atoms with Gasteiger partial charge in [0.2, 0.25) is 0 Å². The van der Waals surface area contributed by atoms with Crippen LogP contribution in [-0.4, -0.2) is 45.1 Å². The number of hydrogen-bond acceptors (Lipinski definition) is 4. The lowest BCUT2D eigenvalue weighted by atomic mass is 9.75. The fraction of sp³-hybridized carbons (Fsp3) is 0.538. The molecule has 3 heterocycles. The molecule has 31 heavy (non-hydrogen) atoms. The monoisotopic (exact) mass is 417 g/mol. The number of nitrogens with zero attached hydrogens (tertiary/aromatic N) is 3. The lowest BCUT2D eigenvalue weighted by molar-refractivity contribution is 0.0873. The zero-order valence-corrected chi connectivity index (χ0v) is 18.4. The Balaban J connectivity index is 1.49. The van der Waals surface area contributed by atoms with E-state index in [4.69, 9.17) is 5.26 Å². The molecule has 162 valence electrons. The summed E-state index contributed by atoms with van der Waals surface area (Å²) in [5, 5.41) is 19.4. The van der Waals surface area contributed by atoms with E-state index in [0.29, 0.717) is 30.0 Å². The van der Waals surface area contributed by atoms with Crippen LogP contribution in [0.2, 0.25) is 0 Å². The van der Waals surface area contributed by atoms with Crippen molar-refractivity contribution in [3.63, 3.8) is 0 Å². The summed E-state index contributed by atoms with van der Waals surface area (Å²) in [5.74, 6) is 1.20. The van der Waals surface area contributed by atoms with Gasteiger partial charge in [0.25, 0.3) is 0 Å². The first kappa shape index (κ1) is 20.5. The number of aromatic nitrogens is 1. The Kier molecular flexibility index (Phi) is 5.24. The molecule has 5 rings (SSSR count). The number of aliphatic hydroxyl groups excluding tert-OH is 1. The average molecular weight is 418 g/mol. The van der Waals surface area contributed by atoms with Crippen molar-refractivity contribution < 1.29 is 9.90 Å². The number of nitriles is 1. The van der Waals surface area contributed by atoms with E-state index in [-0.39, 0.29) is 17.9 Å². The fourth-order valence-electron chi connectivity index (χ4n) is 6.02. The molecule has 4 atom stereocenters. The van der Waals surface area contributed by atoms with E-state index in [0.717, 1.165) is 36.2 Å². The molecule has 2 aliphatic heterocycles. The molecule has 0 radical (unpaired) electrons. The second kappa shape index (κ2) is 7.93. The first-order valence-electron chi connectivity index (χ1n) is 11.7. The first-order chi connectivity index (χ1) is 15.0. The molecule has 2 bridgehead atoms. The van der Waals surface area contributed by atoms with Gasteiger partial charge >= 0.3 is 0 Å². The number of rotatable bonds is 6. The normalized spacial score (nSPS) is 26.6. The summed E-state index contributed by atoms with van der Waals surface area (Å²) in [6, 6.07) is 12.4. The standard InChI is InChI=1S/C26H31N3O2/c1-16(19-4-3-5-19)24-13-22(17(2)29(24)20-8-6-18(14-27)7-9-20)26(31)15-28-21-10-11-23(28)25(30)12-21/h6-9,13,16,19,21,23,25,30H,3-5,10-12,15H2,1-2H3/t16-,21?,23?,25-/m0/s1. The van der Waals surface area contributed by atoms with Gasteiger partial charge in [-0.1, -0.05) is 13.3 Å². The predicted octanol–water partition coefficient (Wildman–Crippen LogP) is 4.34. The summed E-state index contributed by atoms with van der Waals surface area (Å²) < 4.78 is 2.23. The molecule has 1 N–H and O–H groups in total. The Morgan fingerprint density at radius 1 is 1.23 bits per heavy atom. The minimum Gasteiger partial charge on any atom is -0.391 e. The van der Waals surface area contributed by atoms with Crippen molar-refractivity contribution in [1.82, 2.24) is 9.47 Å². The summed E-state index contributed by atoms with van der Waals surface area (Å²) >= 11 is 0. The summed E-state index contributed by atoms with van der Waals surface area (Å²) in [6.07, 6.45) is 6.38. The SMILES string of the molecule is Cc1c(C(=O)CN2C3CCC2[C@@H](O)C3)cc([C@@H](C)C2CCC2)n1-c1ccc(C#N)cc1. The minimum atomic E-state index is -0.287. The van der Waals surface area contributed by atoms with Crippen molar-refractivity contribution in [3.8, 4) is 11.8 Å². The Morgan fingerprint density at radius 2 is 1.97 bits per heavy atom. The van der Waals surface area contributed by atoms with Crippen molar-refractivity contribution in [2.24, 2.45) is 5.92 Å². The Labute approximate surface area is 184 Å². The van der Waals surface area contributed by atoms with E-state index < -0.39 is 0 Å². The lowest BCUT2D eigenvalue weighted by Gasteiger charge is -2.32. The number of ketones is 1. The molecule has 5 heteroatoms. The summed E-state index contributed by atoms with van der Waals surface area (Å²) in [7, 11) is 0. The Bertz CT molecular complexity index is 1030. The van der Waals surface area contributed by atoms with E-state index in [1.807, 2.05) is 31.2 Å². The first-order valence-corrected chi connectivity index (χ1v) is 11.7. The lowest BCUT2D eigenvalue weighted by Crippen LogP contribution is -2.36. The van der Waals surface area contributed by atoms with Crippen molar-refractivity contribution in [1.29, 1.82) is 5.26 Å². The van der Waals surface area contributed by atoms with Crippen LogP contribution >= 0.6 is 0 Å². The molecule has 2 aromatic rings. The highest BCUT2D eigenvalue weighted by molar-refractivity contribution is 5.99. The number of carbonyl (C=O) groups excluding carboxylic acids is 1. The van der Waals surface area contributed by atoms with Crippen LogP contribution < -0.4 is 0 Å². The van der Waals surface area contributed by atoms with Gasteiger partial charge in [-0.2, -0.15) is 5.26 Å². The third-order valence-electron chi connectivity index (χ3n) is 8.13. The molecule has 1 aromatic heterocycles. The molecule has 2 unspecified atom stereocenters. The second-order valence-electron chi connectivity index (χ2n) is 9.74. The van der Waals surface area contributed by atoms with Gasteiger partial charge in [0.1, 0.15) is 0 Å². The molecule has 3 aliphatic rings. The van der Waals surface area contributed by atoms with E-state index >= 15 is 0 Å². The van der Waals surface area contributed by atoms with Gasteiger partial charge in [0.05, 0.1) is 24.3 Å². The van der Waals surface area contributed by atoms with E-state index in [1.165, 1.54) is 25.0 Å². The smallest absolute Gasteiger partial charge is 0.178 e. The predicted molar refractivity (Wildman–Crippen MR) is 119 cm³/mol. The summed E-state index contributed by atoms with van der Waals surface area (Å²) in [5.41, 5.74) is 4.61. The number of benzene rings is 1. The van der Waals surface area contributed by atoms with Crippen LogP contribution in [0.5, 0.6) is 0 Å². The molecule has 0 spiro atoms. The van der Waals surface area contributed by atoms with Gasteiger partial charge < -0.3 is 9.67 Å². The third kappa shape index (κ3) is 3.43. The van der Waals surface area contributed by atoms with Crippen molar-refractivity contribution in [3.05, 3.63) is 52.8 Å². The molecular weight excluding hydrogens is 386 g/mol. The maximum Gasteiger partial charge on any atom is 0.178 e. The zero-order valence-electron chi connectivity index (χ0n) is 18.4. The third-order valence-corrected chi connectivity index (χ3v) is 8.13. The van der Waals surface area contributed by atoms with Gasteiger partial charge in [-0.25, -0.2) is 0 Å². The molecule has 1 aromatic carbocycles. The van der Waals surface area contributed by atoms with Gasteiger partial charge in [-0.3, -0.25) is 9.69 Å². The highest BCUT2D eigenvalue weighted by Crippen LogP contribution is 2.42. The molecule has 1 aliphatic carbocycles. The van der Waals surface area contributed by atoms with Crippen LogP contribution in [0.25, 0.3) is 5.69 Å². The van der Waals surface area contributed by atoms with Gasteiger partial charge in [-0.15, -0.1) is 0 Å². The van der Waals surface area contributed by atoms with E-state index in [9.17, 15) is 9.90 Å². The Hall–Kier alpha value is -2.42. The molecule has 5 nitrogen and oxygen atoms in total. The number of Topliss-reactive ketones (excluding diaryl/α,β-unsaturated/α-hetero) is 1. The summed E-state index contributed by atoms with van der Waals surface area (Å²) in [6.45, 7) is 4.71. The van der Waals surface area contributed by atoms with Crippen LogP contribution in [0, 0.1) is 24.2 Å². The van der Waals surface area contributed by atoms with Gasteiger partial charge in [-0.05, 0) is 81.2 Å². The van der Waals surface area contributed by atoms with Crippen molar-refractivity contribution in [2.75, 3.05) is 6.54 Å². The quantitative estimate of drug-likeness (QED) is 0.710. The van der Waals surface area contributed by atoms with E-state index in [1.54, 1.807) is 0 Å². The van der Waals surface area contributed by atoms with Gasteiger partial charge in [0.15, 0.2) is 5.78 Å². The van der Waals surface area contributed by atoms with Gasteiger partial charge in [0, 0.05) is 34.7 Å². The van der Waals surface area contributed by atoms with Crippen LogP contribution in [0.15, 0.2) is 30.3 Å². The molecule has 3 fully saturated rings. The largest absolute Gasteiger partial charge is 0.391 e. The number of aliphatic hydroxyl groups is 1. The number of hydrogen-bond donors (Lipinski definition) is 1. The number of carbonyl (C=O) groups is 1. The van der Waals surface area contributed by atoms with E-state index in [2.05, 4.69) is 28.5 Å². The highest BCUT2D eigenvalue weighted by Gasteiger charge is 2.46. The second-order valence-corrected chi connectivity index (χ2v) is 9.74.